The number of fused-ring (bicyclic) bond motifs is 1. The van der Waals surface area contributed by atoms with Gasteiger partial charge in [-0.25, -0.2) is 14.6 Å². The van der Waals surface area contributed by atoms with Crippen molar-refractivity contribution in [3.63, 3.8) is 0 Å². The fraction of sp³-hybridized carbons (Fsp3) is 0.154. The molecule has 180 valence electrons. The highest BCUT2D eigenvalue weighted by Crippen LogP contribution is 2.30. The normalized spacial score (nSPS) is 10.5. The third-order valence-corrected chi connectivity index (χ3v) is 5.43. The Balaban J connectivity index is 0.00000342. The minimum Gasteiger partial charge on any atom is -0.462 e. The molecule has 35 heavy (non-hydrogen) atoms. The molecule has 0 amide bonds. The summed E-state index contributed by atoms with van der Waals surface area (Å²) in [7, 11) is 0. The van der Waals surface area contributed by atoms with Gasteiger partial charge in [0.05, 0.1) is 24.4 Å². The van der Waals surface area contributed by atoms with Gasteiger partial charge in [0, 0.05) is 16.1 Å². The summed E-state index contributed by atoms with van der Waals surface area (Å²) in [6.07, 6.45) is 1.42. The number of carbonyl (C=O) groups excluding carboxylic acids is 3. The number of ketones is 1. The van der Waals surface area contributed by atoms with Crippen LogP contribution in [0.3, 0.4) is 0 Å². The number of benzene rings is 2. The molecule has 0 aliphatic heterocycles. The Hall–Kier alpha value is -4.01. The lowest BCUT2D eigenvalue weighted by Gasteiger charge is -2.07. The zero-order valence-electron chi connectivity index (χ0n) is 19.1. The summed E-state index contributed by atoms with van der Waals surface area (Å²) in [4.78, 5) is 44.2. The summed E-state index contributed by atoms with van der Waals surface area (Å²) >= 11 is 5.97. The van der Waals surface area contributed by atoms with Crippen molar-refractivity contribution < 1.29 is 29.3 Å². The van der Waals surface area contributed by atoms with Crippen LogP contribution in [0, 0.1) is 0 Å². The highest BCUT2D eigenvalue weighted by atomic mass is 35.5. The second kappa shape index (κ2) is 10.9. The molecule has 2 N–H and O–H groups in total. The molecule has 9 heteroatoms. The van der Waals surface area contributed by atoms with Gasteiger partial charge in [-0.05, 0) is 44.2 Å². The van der Waals surface area contributed by atoms with E-state index in [0.29, 0.717) is 16.2 Å². The van der Waals surface area contributed by atoms with Gasteiger partial charge in [-0.1, -0.05) is 41.9 Å². The van der Waals surface area contributed by atoms with Crippen molar-refractivity contribution >= 4 is 34.8 Å². The summed E-state index contributed by atoms with van der Waals surface area (Å²) in [5.41, 5.74) is 1.74. The molecule has 2 aromatic carbocycles. The van der Waals surface area contributed by atoms with Gasteiger partial charge in [0.25, 0.3) is 0 Å². The number of carbonyl (C=O) groups is 3. The Morgan fingerprint density at radius 2 is 1.49 bits per heavy atom. The van der Waals surface area contributed by atoms with Crippen molar-refractivity contribution in [3.05, 3.63) is 94.4 Å². The smallest absolute Gasteiger partial charge is 0.341 e. The van der Waals surface area contributed by atoms with Crippen LogP contribution in [0.1, 0.15) is 50.6 Å². The van der Waals surface area contributed by atoms with E-state index in [1.165, 1.54) is 10.7 Å². The molecule has 0 bridgehead atoms. The highest BCUT2D eigenvalue weighted by molar-refractivity contribution is 6.30. The molecular formula is C26H23ClN2O6. The fourth-order valence-electron chi connectivity index (χ4n) is 3.70. The van der Waals surface area contributed by atoms with E-state index in [4.69, 9.17) is 21.1 Å². The summed E-state index contributed by atoms with van der Waals surface area (Å²) in [5.74, 6) is -2.02. The van der Waals surface area contributed by atoms with Crippen LogP contribution < -0.4 is 0 Å². The van der Waals surface area contributed by atoms with Crippen molar-refractivity contribution in [1.29, 1.82) is 0 Å². The van der Waals surface area contributed by atoms with Crippen LogP contribution in [-0.2, 0) is 9.47 Å². The maximum absolute atomic E-state index is 13.6. The van der Waals surface area contributed by atoms with Gasteiger partial charge in [0.1, 0.15) is 23.1 Å². The van der Waals surface area contributed by atoms with Gasteiger partial charge in [0.2, 0.25) is 5.78 Å². The summed E-state index contributed by atoms with van der Waals surface area (Å²) in [6.45, 7) is 3.47. The maximum atomic E-state index is 13.6. The van der Waals surface area contributed by atoms with Crippen molar-refractivity contribution in [2.24, 2.45) is 0 Å². The molecule has 8 nitrogen and oxygen atoms in total. The lowest BCUT2D eigenvalue weighted by atomic mass is 10.0. The third kappa shape index (κ3) is 4.94. The van der Waals surface area contributed by atoms with E-state index in [1.807, 2.05) is 30.3 Å². The van der Waals surface area contributed by atoms with E-state index in [1.54, 1.807) is 44.2 Å². The number of hydrogen-bond donors (Lipinski definition) is 0. The predicted octanol–water partition coefficient (Wildman–Crippen LogP) is 4.41. The number of esters is 2. The molecule has 2 heterocycles. The molecule has 0 saturated carbocycles. The lowest BCUT2D eigenvalue weighted by molar-refractivity contribution is 0.0480. The first kappa shape index (κ1) is 25.6. The van der Waals surface area contributed by atoms with Gasteiger partial charge >= 0.3 is 11.9 Å². The Kier molecular flexibility index (Phi) is 8.01. The number of aromatic nitrogens is 2. The summed E-state index contributed by atoms with van der Waals surface area (Å²) in [5, 5.41) is 0.462. The van der Waals surface area contributed by atoms with E-state index in [2.05, 4.69) is 4.98 Å². The summed E-state index contributed by atoms with van der Waals surface area (Å²) < 4.78 is 11.9. The van der Waals surface area contributed by atoms with Crippen molar-refractivity contribution in [1.82, 2.24) is 9.38 Å². The standard InChI is InChI=1S/C26H21ClN2O5.H2O/c1-3-33-25(31)21-20-14-19(16-8-6-5-7-9-16)28-15-29(20)23(22(21)26(32)34-4-2)24(30)17-10-12-18(27)13-11-17;/h5-15H,3-4H2,1-2H3;1H2. The first-order chi connectivity index (χ1) is 16.5. The van der Waals surface area contributed by atoms with Crippen LogP contribution in [-0.4, -0.2) is 45.8 Å². The van der Waals surface area contributed by atoms with E-state index < -0.39 is 17.7 Å². The number of halogens is 1. The average molecular weight is 495 g/mol. The van der Waals surface area contributed by atoms with Crippen molar-refractivity contribution in [3.8, 4) is 11.3 Å². The monoisotopic (exact) mass is 494 g/mol. The Labute approximate surface area is 206 Å². The Morgan fingerprint density at radius 3 is 2.09 bits per heavy atom. The molecule has 0 spiro atoms. The maximum Gasteiger partial charge on any atom is 0.341 e. The predicted molar refractivity (Wildman–Crippen MR) is 131 cm³/mol. The van der Waals surface area contributed by atoms with Gasteiger partial charge in [-0.3, -0.25) is 9.20 Å². The first-order valence-corrected chi connectivity index (χ1v) is 11.1. The molecule has 0 atom stereocenters. The van der Waals surface area contributed by atoms with Crippen LogP contribution in [0.4, 0.5) is 0 Å². The third-order valence-electron chi connectivity index (χ3n) is 5.18. The molecular weight excluding hydrogens is 472 g/mol. The quantitative estimate of drug-likeness (QED) is 0.277. The molecule has 0 fully saturated rings. The highest BCUT2D eigenvalue weighted by Gasteiger charge is 2.33. The van der Waals surface area contributed by atoms with Crippen LogP contribution in [0.15, 0.2) is 67.0 Å². The SMILES string of the molecule is CCOC(=O)c1c(C(=O)OCC)c2cc(-c3ccccc3)ncn2c1C(=O)c1ccc(Cl)cc1.O. The minimum absolute atomic E-state index is 0. The van der Waals surface area contributed by atoms with Crippen LogP contribution >= 0.6 is 11.6 Å². The van der Waals surface area contributed by atoms with Crippen molar-refractivity contribution in [2.75, 3.05) is 13.2 Å². The molecule has 0 aliphatic carbocycles. The van der Waals surface area contributed by atoms with Gasteiger partial charge in [-0.15, -0.1) is 0 Å². The van der Waals surface area contributed by atoms with Gasteiger partial charge in [-0.2, -0.15) is 0 Å². The average Bonchev–Trinajstić information content (AvgIpc) is 3.19. The first-order valence-electron chi connectivity index (χ1n) is 10.7. The second-order valence-electron chi connectivity index (χ2n) is 7.27. The van der Waals surface area contributed by atoms with Crippen LogP contribution in [0.5, 0.6) is 0 Å². The lowest BCUT2D eigenvalue weighted by Crippen LogP contribution is -2.16. The van der Waals surface area contributed by atoms with Crippen molar-refractivity contribution in [2.45, 2.75) is 13.8 Å². The topological polar surface area (TPSA) is 118 Å². The Morgan fingerprint density at radius 1 is 0.886 bits per heavy atom. The molecule has 2 aromatic heterocycles. The number of ether oxygens (including phenoxy) is 2. The van der Waals surface area contributed by atoms with Gasteiger partial charge in [0.15, 0.2) is 0 Å². The largest absolute Gasteiger partial charge is 0.462 e. The summed E-state index contributed by atoms with van der Waals surface area (Å²) in [6, 6.07) is 17.3. The molecule has 0 aliphatic rings. The molecule has 0 radical (unpaired) electrons. The molecule has 4 aromatic rings. The molecule has 0 unspecified atom stereocenters. The zero-order chi connectivity index (χ0) is 24.2. The van der Waals surface area contributed by atoms with Crippen LogP contribution in [0.25, 0.3) is 16.8 Å². The number of rotatable bonds is 7. The minimum atomic E-state index is -0.798. The van der Waals surface area contributed by atoms with Crippen LogP contribution in [0.2, 0.25) is 5.02 Å². The second-order valence-corrected chi connectivity index (χ2v) is 7.71. The molecule has 0 saturated heterocycles. The van der Waals surface area contributed by atoms with E-state index in [9.17, 15) is 14.4 Å². The number of hydrogen-bond acceptors (Lipinski definition) is 6. The van der Waals surface area contributed by atoms with E-state index in [-0.39, 0.29) is 41.1 Å². The molecule has 4 rings (SSSR count). The van der Waals surface area contributed by atoms with E-state index in [0.717, 1.165) is 5.56 Å². The Bertz CT molecular complexity index is 1380. The van der Waals surface area contributed by atoms with E-state index >= 15 is 0 Å². The number of nitrogens with zero attached hydrogens (tertiary/aromatic N) is 2. The zero-order valence-corrected chi connectivity index (χ0v) is 19.8. The fourth-order valence-corrected chi connectivity index (χ4v) is 3.82. The van der Waals surface area contributed by atoms with Gasteiger partial charge < -0.3 is 14.9 Å².